The molecule has 0 radical (unpaired) electrons. The van der Waals surface area contributed by atoms with Crippen molar-refractivity contribution < 1.29 is 13.9 Å². The number of nitrogens with zero attached hydrogens (tertiary/aromatic N) is 1. The molecule has 7 nitrogen and oxygen atoms in total. The number of methoxy groups -OCH3 is 1. The highest BCUT2D eigenvalue weighted by molar-refractivity contribution is 5.77. The number of nitrogens with one attached hydrogen (secondary N) is 4. The van der Waals surface area contributed by atoms with E-state index in [1.807, 2.05) is 13.1 Å². The first kappa shape index (κ1) is 21.5. The molecule has 3 aliphatic rings. The Labute approximate surface area is 178 Å². The molecule has 0 aliphatic carbocycles. The van der Waals surface area contributed by atoms with Crippen molar-refractivity contribution in [3.63, 3.8) is 0 Å². The highest BCUT2D eigenvalue weighted by Crippen LogP contribution is 2.41. The van der Waals surface area contributed by atoms with Crippen LogP contribution in [0.1, 0.15) is 30.9 Å². The zero-order valence-electron chi connectivity index (χ0n) is 18.3. The van der Waals surface area contributed by atoms with E-state index < -0.39 is 0 Å². The van der Waals surface area contributed by atoms with Crippen molar-refractivity contribution in [2.24, 2.45) is 0 Å². The van der Waals surface area contributed by atoms with E-state index in [4.69, 9.17) is 9.47 Å². The molecule has 166 valence electrons. The molecule has 30 heavy (non-hydrogen) atoms. The Bertz CT molecular complexity index is 802. The normalized spacial score (nSPS) is 29.7. The summed E-state index contributed by atoms with van der Waals surface area (Å²) in [5.41, 5.74) is 3.24. The van der Waals surface area contributed by atoms with Crippen molar-refractivity contribution in [2.75, 3.05) is 46.2 Å². The minimum Gasteiger partial charge on any atom is -0.492 e. The average Bonchev–Trinajstić information content (AvgIpc) is 3.08. The van der Waals surface area contributed by atoms with Gasteiger partial charge in [-0.15, -0.1) is 0 Å². The van der Waals surface area contributed by atoms with Crippen LogP contribution in [0.4, 0.5) is 10.1 Å². The minimum atomic E-state index is -0.291. The van der Waals surface area contributed by atoms with Gasteiger partial charge < -0.3 is 25.0 Å². The smallest absolute Gasteiger partial charge is 0.157 e. The first-order chi connectivity index (χ1) is 14.5. The predicted molar refractivity (Wildman–Crippen MR) is 117 cm³/mol. The van der Waals surface area contributed by atoms with E-state index in [-0.39, 0.29) is 30.4 Å². The second kappa shape index (κ2) is 9.20. The van der Waals surface area contributed by atoms with Crippen molar-refractivity contribution in [1.82, 2.24) is 20.9 Å². The Morgan fingerprint density at radius 2 is 2.13 bits per heavy atom. The fourth-order valence-electron chi connectivity index (χ4n) is 4.72. The van der Waals surface area contributed by atoms with E-state index in [0.29, 0.717) is 17.9 Å². The fraction of sp³-hybridized carbons (Fsp3) is 0.636. The maximum atomic E-state index is 15.8. The van der Waals surface area contributed by atoms with E-state index in [2.05, 4.69) is 46.2 Å². The summed E-state index contributed by atoms with van der Waals surface area (Å²) in [5.74, 6) is 0.483. The lowest BCUT2D eigenvalue weighted by atomic mass is 9.96. The monoisotopic (exact) mass is 419 g/mol. The van der Waals surface area contributed by atoms with Crippen LogP contribution < -0.4 is 26.0 Å². The predicted octanol–water partition coefficient (Wildman–Crippen LogP) is 1.71. The first-order valence-corrected chi connectivity index (χ1v) is 10.9. The van der Waals surface area contributed by atoms with Gasteiger partial charge in [-0.2, -0.15) is 0 Å². The second-order valence-electron chi connectivity index (χ2n) is 8.46. The van der Waals surface area contributed by atoms with Gasteiger partial charge in [0.15, 0.2) is 5.82 Å². The molecule has 4 rings (SSSR count). The lowest BCUT2D eigenvalue weighted by molar-refractivity contribution is 0.00307. The van der Waals surface area contributed by atoms with Crippen molar-refractivity contribution >= 4 is 11.3 Å². The van der Waals surface area contributed by atoms with E-state index in [0.717, 1.165) is 49.2 Å². The standard InChI is InChI=1S/C22H34FN5O2/c1-13-19(29-4)21(24-2)27-22(25-13)26-16-12-15-8-11-30-20(15)17(18(16)23)14-6-5-9-28(3)10-7-14/h7,12-13,19,21-22,24-27H,5-6,8-11H2,1-4H3. The van der Waals surface area contributed by atoms with Crippen molar-refractivity contribution in [2.45, 2.75) is 50.8 Å². The average molecular weight is 420 g/mol. The molecule has 8 heteroatoms. The Kier molecular flexibility index (Phi) is 6.60. The molecule has 0 bridgehead atoms. The van der Waals surface area contributed by atoms with Crippen LogP contribution >= 0.6 is 0 Å². The molecule has 0 amide bonds. The molecule has 1 aromatic rings. The van der Waals surface area contributed by atoms with Crippen LogP contribution in [0.2, 0.25) is 0 Å². The maximum absolute atomic E-state index is 15.8. The summed E-state index contributed by atoms with van der Waals surface area (Å²) in [6.45, 7) is 4.51. The number of hydrogen-bond acceptors (Lipinski definition) is 7. The largest absolute Gasteiger partial charge is 0.492 e. The SMILES string of the molecule is CNC1NC(Nc2cc3c(c(C4=CCN(C)CCC4)c2F)OCC3)NC(C)C1OC. The van der Waals surface area contributed by atoms with Crippen LogP contribution in [0.15, 0.2) is 12.1 Å². The quantitative estimate of drug-likeness (QED) is 0.579. The van der Waals surface area contributed by atoms with Gasteiger partial charge in [0, 0.05) is 31.7 Å². The van der Waals surface area contributed by atoms with E-state index in [1.165, 1.54) is 0 Å². The van der Waals surface area contributed by atoms with Gasteiger partial charge in [-0.25, -0.2) is 4.39 Å². The third-order valence-corrected chi connectivity index (χ3v) is 6.35. The molecule has 1 aromatic carbocycles. The van der Waals surface area contributed by atoms with E-state index in [1.54, 1.807) is 7.11 Å². The van der Waals surface area contributed by atoms with E-state index in [9.17, 15) is 0 Å². The number of likely N-dealkylation sites (N-methyl/N-ethyl adjacent to an activating group) is 2. The second-order valence-corrected chi connectivity index (χ2v) is 8.46. The molecule has 0 aromatic heterocycles. The van der Waals surface area contributed by atoms with Gasteiger partial charge in [0.05, 0.1) is 24.0 Å². The number of hydrogen-bond donors (Lipinski definition) is 4. The van der Waals surface area contributed by atoms with Crippen LogP contribution in [0, 0.1) is 5.82 Å². The summed E-state index contributed by atoms with van der Waals surface area (Å²) in [5, 5.41) is 13.4. The maximum Gasteiger partial charge on any atom is 0.157 e. The van der Waals surface area contributed by atoms with Gasteiger partial charge in [0.2, 0.25) is 0 Å². The molecule has 1 saturated heterocycles. The lowest BCUT2D eigenvalue weighted by Crippen LogP contribution is -2.71. The Morgan fingerprint density at radius 1 is 1.30 bits per heavy atom. The zero-order valence-corrected chi connectivity index (χ0v) is 18.3. The fourth-order valence-corrected chi connectivity index (χ4v) is 4.72. The molecule has 4 N–H and O–H groups in total. The summed E-state index contributed by atoms with van der Waals surface area (Å²) >= 11 is 0. The Hall–Kier alpha value is -1.71. The number of rotatable bonds is 5. The number of allylic oxidation sites excluding steroid dienone is 1. The number of benzene rings is 1. The lowest BCUT2D eigenvalue weighted by Gasteiger charge is -2.42. The van der Waals surface area contributed by atoms with Crippen LogP contribution in [0.5, 0.6) is 5.75 Å². The van der Waals surface area contributed by atoms with Gasteiger partial charge >= 0.3 is 0 Å². The molecule has 3 aliphatic heterocycles. The molecular weight excluding hydrogens is 385 g/mol. The number of anilines is 1. The zero-order chi connectivity index (χ0) is 21.3. The summed E-state index contributed by atoms with van der Waals surface area (Å²) in [6.07, 6.45) is 4.45. The molecular formula is C22H34FN5O2. The van der Waals surface area contributed by atoms with Crippen molar-refractivity contribution in [3.05, 3.63) is 29.1 Å². The van der Waals surface area contributed by atoms with Crippen LogP contribution in [-0.4, -0.2) is 70.4 Å². The number of fused-ring (bicyclic) bond motifs is 1. The summed E-state index contributed by atoms with van der Waals surface area (Å²) < 4.78 is 27.3. The Morgan fingerprint density at radius 3 is 2.90 bits per heavy atom. The molecule has 4 unspecified atom stereocenters. The number of halogens is 1. The third kappa shape index (κ3) is 4.20. The molecule has 0 saturated carbocycles. The summed E-state index contributed by atoms with van der Waals surface area (Å²) in [7, 11) is 5.69. The van der Waals surface area contributed by atoms with Gasteiger partial charge in [-0.05, 0) is 52.0 Å². The summed E-state index contributed by atoms with van der Waals surface area (Å²) in [4.78, 5) is 2.26. The van der Waals surface area contributed by atoms with Crippen LogP contribution in [0.25, 0.3) is 5.57 Å². The minimum absolute atomic E-state index is 0.0324. The van der Waals surface area contributed by atoms with Gasteiger partial charge in [-0.1, -0.05) is 6.08 Å². The van der Waals surface area contributed by atoms with Crippen molar-refractivity contribution in [3.8, 4) is 5.75 Å². The molecule has 4 atom stereocenters. The highest BCUT2D eigenvalue weighted by atomic mass is 19.1. The summed E-state index contributed by atoms with van der Waals surface area (Å²) in [6, 6.07) is 1.99. The van der Waals surface area contributed by atoms with Gasteiger partial charge in [0.1, 0.15) is 18.1 Å². The van der Waals surface area contributed by atoms with Crippen LogP contribution in [0.3, 0.4) is 0 Å². The van der Waals surface area contributed by atoms with E-state index >= 15 is 4.39 Å². The van der Waals surface area contributed by atoms with Crippen molar-refractivity contribution in [1.29, 1.82) is 0 Å². The topological polar surface area (TPSA) is 69.8 Å². The van der Waals surface area contributed by atoms with Crippen LogP contribution in [-0.2, 0) is 11.2 Å². The molecule has 0 spiro atoms. The molecule has 1 fully saturated rings. The third-order valence-electron chi connectivity index (χ3n) is 6.35. The highest BCUT2D eigenvalue weighted by Gasteiger charge is 2.35. The Balaban J connectivity index is 1.63. The van der Waals surface area contributed by atoms with Gasteiger partial charge in [0.25, 0.3) is 0 Å². The van der Waals surface area contributed by atoms with Gasteiger partial charge in [-0.3, -0.25) is 10.6 Å². The number of ether oxygens (including phenoxy) is 2. The molecule has 3 heterocycles. The first-order valence-electron chi connectivity index (χ1n) is 10.9.